The van der Waals surface area contributed by atoms with Gasteiger partial charge < -0.3 is 14.8 Å². The molecule has 2 aromatic rings. The molecule has 0 unspecified atom stereocenters. The quantitative estimate of drug-likeness (QED) is 0.652. The Bertz CT molecular complexity index is 765. The van der Waals surface area contributed by atoms with Crippen molar-refractivity contribution in [3.63, 3.8) is 0 Å². The monoisotopic (exact) mass is 271 g/mol. The van der Waals surface area contributed by atoms with Crippen molar-refractivity contribution in [2.75, 3.05) is 13.6 Å². The van der Waals surface area contributed by atoms with Crippen LogP contribution in [0.2, 0.25) is 0 Å². The largest absolute Gasteiger partial charge is 0.475 e. The molecule has 5 nitrogen and oxygen atoms in total. The third-order valence-corrected chi connectivity index (χ3v) is 2.67. The summed E-state index contributed by atoms with van der Waals surface area (Å²) < 4.78 is 5.14. The van der Waals surface area contributed by atoms with Crippen molar-refractivity contribution in [1.29, 1.82) is 0 Å². The molecular formula is C15H13NO4. The van der Waals surface area contributed by atoms with E-state index < -0.39 is 5.97 Å². The van der Waals surface area contributed by atoms with Crippen LogP contribution in [0.1, 0.15) is 22.5 Å². The van der Waals surface area contributed by atoms with Crippen LogP contribution in [0.25, 0.3) is 11.0 Å². The normalized spacial score (nSPS) is 10.1. The van der Waals surface area contributed by atoms with Gasteiger partial charge in [-0.05, 0) is 25.2 Å². The van der Waals surface area contributed by atoms with E-state index in [1.807, 2.05) is 7.05 Å². The molecule has 102 valence electrons. The van der Waals surface area contributed by atoms with Crippen molar-refractivity contribution in [3.8, 4) is 11.8 Å². The number of aromatic carboxylic acids is 1. The van der Waals surface area contributed by atoms with Gasteiger partial charge in [-0.2, -0.15) is 0 Å². The summed E-state index contributed by atoms with van der Waals surface area (Å²) in [6.07, 6.45) is 0.709. The Morgan fingerprint density at radius 1 is 1.40 bits per heavy atom. The smallest absolute Gasteiger partial charge is 0.371 e. The van der Waals surface area contributed by atoms with Gasteiger partial charge in [-0.15, -0.1) is 0 Å². The lowest BCUT2D eigenvalue weighted by atomic mass is 10.1. The minimum absolute atomic E-state index is 0.246. The molecule has 0 amide bonds. The van der Waals surface area contributed by atoms with Gasteiger partial charge in [-0.1, -0.05) is 11.8 Å². The highest BCUT2D eigenvalue weighted by atomic mass is 16.4. The molecule has 0 fully saturated rings. The zero-order valence-electron chi connectivity index (χ0n) is 10.9. The predicted molar refractivity (Wildman–Crippen MR) is 74.9 cm³/mol. The Balaban J connectivity index is 2.42. The van der Waals surface area contributed by atoms with Crippen molar-refractivity contribution in [1.82, 2.24) is 5.32 Å². The molecule has 0 bridgehead atoms. The van der Waals surface area contributed by atoms with Crippen molar-refractivity contribution in [2.24, 2.45) is 0 Å². The number of carbonyl (C=O) groups is 1. The first-order chi connectivity index (χ1) is 9.61. The van der Waals surface area contributed by atoms with E-state index in [-0.39, 0.29) is 16.8 Å². The molecule has 20 heavy (non-hydrogen) atoms. The second-order valence-corrected chi connectivity index (χ2v) is 4.15. The molecule has 0 saturated heterocycles. The molecule has 0 aliphatic heterocycles. The van der Waals surface area contributed by atoms with Crippen LogP contribution < -0.4 is 10.7 Å². The Morgan fingerprint density at radius 3 is 2.90 bits per heavy atom. The summed E-state index contributed by atoms with van der Waals surface area (Å²) in [7, 11) is 1.85. The summed E-state index contributed by atoms with van der Waals surface area (Å²) in [5, 5.41) is 12.1. The van der Waals surface area contributed by atoms with E-state index in [9.17, 15) is 9.59 Å². The minimum atomic E-state index is -1.26. The summed E-state index contributed by atoms with van der Waals surface area (Å²) in [6, 6.07) is 5.84. The van der Waals surface area contributed by atoms with Gasteiger partial charge in [-0.3, -0.25) is 4.79 Å². The van der Waals surface area contributed by atoms with Crippen LogP contribution in [0.5, 0.6) is 0 Å². The maximum Gasteiger partial charge on any atom is 0.371 e. The second-order valence-electron chi connectivity index (χ2n) is 4.15. The Morgan fingerprint density at radius 2 is 2.20 bits per heavy atom. The van der Waals surface area contributed by atoms with E-state index in [2.05, 4.69) is 17.2 Å². The molecule has 2 rings (SSSR count). The van der Waals surface area contributed by atoms with Crippen LogP contribution >= 0.6 is 0 Å². The third kappa shape index (κ3) is 3.05. The number of hydrogen-bond acceptors (Lipinski definition) is 4. The number of nitrogens with one attached hydrogen (secondary N) is 1. The molecular weight excluding hydrogens is 258 g/mol. The first-order valence-electron chi connectivity index (χ1n) is 6.06. The van der Waals surface area contributed by atoms with Crippen molar-refractivity contribution in [3.05, 3.63) is 45.8 Å². The minimum Gasteiger partial charge on any atom is -0.475 e. The summed E-state index contributed by atoms with van der Waals surface area (Å²) in [4.78, 5) is 22.7. The second kappa shape index (κ2) is 6.04. The Hall–Kier alpha value is -2.58. The van der Waals surface area contributed by atoms with Crippen LogP contribution in [0, 0.1) is 11.8 Å². The van der Waals surface area contributed by atoms with E-state index in [1.165, 1.54) is 0 Å². The molecule has 5 heteroatoms. The van der Waals surface area contributed by atoms with Crippen molar-refractivity contribution < 1.29 is 14.3 Å². The first kappa shape index (κ1) is 13.8. The van der Waals surface area contributed by atoms with Gasteiger partial charge in [0.05, 0.1) is 5.39 Å². The molecule has 1 heterocycles. The van der Waals surface area contributed by atoms with Crippen LogP contribution in [0.15, 0.2) is 33.5 Å². The lowest BCUT2D eigenvalue weighted by molar-refractivity contribution is 0.0663. The fourth-order valence-corrected chi connectivity index (χ4v) is 1.69. The average molecular weight is 271 g/mol. The summed E-state index contributed by atoms with van der Waals surface area (Å²) in [5.41, 5.74) is 0.558. The molecule has 1 aromatic carbocycles. The third-order valence-electron chi connectivity index (χ3n) is 2.67. The summed E-state index contributed by atoms with van der Waals surface area (Å²) in [5.74, 6) is 4.30. The first-order valence-corrected chi connectivity index (χ1v) is 6.06. The van der Waals surface area contributed by atoms with Crippen molar-refractivity contribution in [2.45, 2.75) is 6.42 Å². The molecule has 0 aliphatic rings. The SMILES string of the molecule is CNCCC#Cc1ccc2oc(C(=O)O)cc(=O)c2c1. The molecule has 1 aromatic heterocycles. The van der Waals surface area contributed by atoms with Gasteiger partial charge in [0.15, 0.2) is 5.43 Å². The molecule has 0 atom stereocenters. The highest BCUT2D eigenvalue weighted by molar-refractivity contribution is 5.87. The zero-order valence-corrected chi connectivity index (χ0v) is 10.9. The molecule has 2 N–H and O–H groups in total. The van der Waals surface area contributed by atoms with E-state index in [1.54, 1.807) is 18.2 Å². The van der Waals surface area contributed by atoms with E-state index in [4.69, 9.17) is 9.52 Å². The number of carboxylic acid groups (broad SMARTS) is 1. The Kier molecular flexibility index (Phi) is 4.18. The fraction of sp³-hybridized carbons (Fsp3) is 0.200. The molecule has 0 radical (unpaired) electrons. The van der Waals surface area contributed by atoms with E-state index in [0.717, 1.165) is 12.6 Å². The lowest BCUT2D eigenvalue weighted by Gasteiger charge is -1.99. The van der Waals surface area contributed by atoms with Gasteiger partial charge >= 0.3 is 5.97 Å². The highest BCUT2D eigenvalue weighted by Crippen LogP contribution is 2.14. The van der Waals surface area contributed by atoms with Gasteiger partial charge in [0.1, 0.15) is 5.58 Å². The van der Waals surface area contributed by atoms with Gasteiger partial charge in [0, 0.05) is 24.6 Å². The number of benzene rings is 1. The standard InChI is InChI=1S/C15H13NO4/c1-16-7-3-2-4-10-5-6-13-11(8-10)12(17)9-14(20-13)15(18)19/h5-6,8-9,16H,3,7H2,1H3,(H,18,19). The summed E-state index contributed by atoms with van der Waals surface area (Å²) in [6.45, 7) is 0.796. The molecule has 0 saturated carbocycles. The van der Waals surface area contributed by atoms with E-state index in [0.29, 0.717) is 17.4 Å². The van der Waals surface area contributed by atoms with E-state index >= 15 is 0 Å². The van der Waals surface area contributed by atoms with Crippen molar-refractivity contribution >= 4 is 16.9 Å². The zero-order chi connectivity index (χ0) is 14.5. The van der Waals surface area contributed by atoms with Crippen LogP contribution in [-0.4, -0.2) is 24.7 Å². The topological polar surface area (TPSA) is 79.5 Å². The number of carboxylic acids is 1. The average Bonchev–Trinajstić information content (AvgIpc) is 2.43. The molecule has 0 spiro atoms. The van der Waals surface area contributed by atoms with Gasteiger partial charge in [-0.25, -0.2) is 4.79 Å². The Labute approximate surface area is 115 Å². The number of fused-ring (bicyclic) bond motifs is 1. The summed E-state index contributed by atoms with van der Waals surface area (Å²) >= 11 is 0. The van der Waals surface area contributed by atoms with Crippen LogP contribution in [0.3, 0.4) is 0 Å². The van der Waals surface area contributed by atoms with Gasteiger partial charge in [0.25, 0.3) is 0 Å². The highest BCUT2D eigenvalue weighted by Gasteiger charge is 2.10. The number of rotatable bonds is 3. The van der Waals surface area contributed by atoms with Crippen LogP contribution in [0.4, 0.5) is 0 Å². The van der Waals surface area contributed by atoms with Gasteiger partial charge in [0.2, 0.25) is 5.76 Å². The predicted octanol–water partition coefficient (Wildman–Crippen LogP) is 1.45. The maximum atomic E-state index is 11.9. The maximum absolute atomic E-state index is 11.9. The molecule has 0 aliphatic carbocycles. The lowest BCUT2D eigenvalue weighted by Crippen LogP contribution is -2.06. The van der Waals surface area contributed by atoms with Crippen LogP contribution in [-0.2, 0) is 0 Å². The number of hydrogen-bond donors (Lipinski definition) is 2. The fourth-order valence-electron chi connectivity index (χ4n) is 1.69.